The Morgan fingerprint density at radius 3 is 2.67 bits per heavy atom. The van der Waals surface area contributed by atoms with Crippen LogP contribution in [0.5, 0.6) is 5.75 Å². The first-order valence-electron chi connectivity index (χ1n) is 7.72. The van der Waals surface area contributed by atoms with Gasteiger partial charge in [0.1, 0.15) is 12.4 Å². The molecule has 0 spiro atoms. The van der Waals surface area contributed by atoms with Crippen molar-refractivity contribution in [2.75, 3.05) is 12.4 Å². The highest BCUT2D eigenvalue weighted by atomic mass is 32.2. The van der Waals surface area contributed by atoms with Crippen LogP contribution in [0.4, 0.5) is 0 Å². The molecule has 1 atom stereocenters. The largest absolute Gasteiger partial charge is 0.491 e. The molecular formula is C17H20N4O2S. The van der Waals surface area contributed by atoms with Crippen molar-refractivity contribution in [2.45, 2.75) is 32.0 Å². The minimum Gasteiger partial charge on any atom is -0.491 e. The van der Waals surface area contributed by atoms with E-state index in [2.05, 4.69) is 15.1 Å². The van der Waals surface area contributed by atoms with E-state index in [1.54, 1.807) is 4.52 Å². The number of hydrogen-bond acceptors (Lipinski definition) is 6. The van der Waals surface area contributed by atoms with Gasteiger partial charge in [-0.2, -0.15) is 4.98 Å². The Morgan fingerprint density at radius 1 is 1.17 bits per heavy atom. The minimum absolute atomic E-state index is 0.236. The zero-order valence-corrected chi connectivity index (χ0v) is 14.7. The number of fused-ring (bicyclic) bond motifs is 1. The van der Waals surface area contributed by atoms with Gasteiger partial charge in [0.15, 0.2) is 0 Å². The van der Waals surface area contributed by atoms with Gasteiger partial charge in [-0.3, -0.25) is 0 Å². The summed E-state index contributed by atoms with van der Waals surface area (Å²) in [6, 6.07) is 9.72. The Balaban J connectivity index is 1.55. The van der Waals surface area contributed by atoms with E-state index in [1.807, 2.05) is 51.1 Å². The van der Waals surface area contributed by atoms with Crippen molar-refractivity contribution in [1.82, 2.24) is 19.6 Å². The second kappa shape index (κ2) is 7.19. The lowest BCUT2D eigenvalue weighted by Gasteiger charge is -2.11. The number of aromatic nitrogens is 4. The number of rotatable bonds is 6. The molecule has 7 heteroatoms. The van der Waals surface area contributed by atoms with Crippen LogP contribution in [0.1, 0.15) is 17.0 Å². The summed E-state index contributed by atoms with van der Waals surface area (Å²) >= 11 is 1.39. The second-order valence-electron chi connectivity index (χ2n) is 5.73. The number of hydrogen-bond donors (Lipinski definition) is 1. The van der Waals surface area contributed by atoms with Crippen LogP contribution in [0, 0.1) is 20.8 Å². The summed E-state index contributed by atoms with van der Waals surface area (Å²) in [6.07, 6.45) is -0.598. The van der Waals surface area contributed by atoms with Crippen molar-refractivity contribution < 1.29 is 9.84 Å². The van der Waals surface area contributed by atoms with E-state index >= 15 is 0 Å². The smallest absolute Gasteiger partial charge is 0.253 e. The van der Waals surface area contributed by atoms with Crippen LogP contribution >= 0.6 is 11.8 Å². The molecule has 0 saturated heterocycles. The number of benzene rings is 1. The minimum atomic E-state index is -0.598. The van der Waals surface area contributed by atoms with E-state index < -0.39 is 6.10 Å². The molecule has 0 unspecified atom stereocenters. The maximum Gasteiger partial charge on any atom is 0.253 e. The number of thioether (sulfide) groups is 1. The summed E-state index contributed by atoms with van der Waals surface area (Å²) in [4.78, 5) is 8.74. The van der Waals surface area contributed by atoms with E-state index in [9.17, 15) is 5.11 Å². The summed E-state index contributed by atoms with van der Waals surface area (Å²) in [5, 5.41) is 15.1. The molecule has 3 aromatic rings. The van der Waals surface area contributed by atoms with E-state index in [4.69, 9.17) is 4.74 Å². The fraction of sp³-hybridized carbons (Fsp3) is 0.353. The summed E-state index contributed by atoms with van der Waals surface area (Å²) < 4.78 is 7.30. The van der Waals surface area contributed by atoms with Gasteiger partial charge in [0.25, 0.3) is 5.78 Å². The first-order valence-corrected chi connectivity index (χ1v) is 8.71. The van der Waals surface area contributed by atoms with Gasteiger partial charge in [-0.25, -0.2) is 9.50 Å². The van der Waals surface area contributed by atoms with Gasteiger partial charge >= 0.3 is 0 Å². The standard InChI is InChI=1S/C17H20N4O2S/c1-11-4-6-15(7-5-11)23-9-14(22)10-24-17-19-16-18-12(2)8-13(3)21(16)20-17/h4-8,14,22H,9-10H2,1-3H3/t14-/m1/s1. The fourth-order valence-electron chi connectivity index (χ4n) is 2.25. The molecule has 1 aromatic carbocycles. The molecule has 0 saturated carbocycles. The zero-order chi connectivity index (χ0) is 17.1. The van der Waals surface area contributed by atoms with Gasteiger partial charge in [0, 0.05) is 17.1 Å². The van der Waals surface area contributed by atoms with Gasteiger partial charge in [0.2, 0.25) is 5.16 Å². The lowest BCUT2D eigenvalue weighted by molar-refractivity contribution is 0.126. The summed E-state index contributed by atoms with van der Waals surface area (Å²) in [7, 11) is 0. The SMILES string of the molecule is Cc1ccc(OC[C@@H](O)CSc2nc3nc(C)cc(C)n3n2)cc1. The molecule has 1 N–H and O–H groups in total. The Labute approximate surface area is 144 Å². The van der Waals surface area contributed by atoms with Crippen LogP contribution in [0.25, 0.3) is 5.78 Å². The Hall–Kier alpha value is -2.12. The molecule has 24 heavy (non-hydrogen) atoms. The first kappa shape index (κ1) is 16.7. The van der Waals surface area contributed by atoms with Crippen LogP contribution < -0.4 is 4.74 Å². The number of aliphatic hydroxyl groups excluding tert-OH is 1. The first-order chi connectivity index (χ1) is 11.5. The van der Waals surface area contributed by atoms with Crippen LogP contribution in [-0.2, 0) is 0 Å². The molecule has 2 heterocycles. The number of aryl methyl sites for hydroxylation is 3. The molecule has 0 radical (unpaired) electrons. The third kappa shape index (κ3) is 4.04. The zero-order valence-electron chi connectivity index (χ0n) is 13.9. The van der Waals surface area contributed by atoms with Gasteiger partial charge in [-0.1, -0.05) is 29.5 Å². The fourth-order valence-corrected chi connectivity index (χ4v) is 2.98. The van der Waals surface area contributed by atoms with Crippen LogP contribution in [-0.4, -0.2) is 43.2 Å². The highest BCUT2D eigenvalue weighted by Crippen LogP contribution is 2.17. The summed E-state index contributed by atoms with van der Waals surface area (Å²) in [5.41, 5.74) is 3.08. The number of aliphatic hydroxyl groups is 1. The van der Waals surface area contributed by atoms with Gasteiger partial charge in [-0.05, 0) is 39.0 Å². The quantitative estimate of drug-likeness (QED) is 0.693. The Kier molecular flexibility index (Phi) is 5.01. The van der Waals surface area contributed by atoms with Gasteiger partial charge in [-0.15, -0.1) is 5.10 Å². The van der Waals surface area contributed by atoms with Gasteiger partial charge in [0.05, 0.1) is 6.10 Å². The van der Waals surface area contributed by atoms with Gasteiger partial charge < -0.3 is 9.84 Å². The molecule has 0 aliphatic heterocycles. The van der Waals surface area contributed by atoms with Crippen molar-refractivity contribution in [3.05, 3.63) is 47.3 Å². The molecule has 0 fully saturated rings. The highest BCUT2D eigenvalue weighted by molar-refractivity contribution is 7.99. The maximum atomic E-state index is 10.1. The molecule has 126 valence electrons. The Morgan fingerprint density at radius 2 is 1.92 bits per heavy atom. The molecule has 0 aliphatic rings. The van der Waals surface area contributed by atoms with Crippen LogP contribution in [0.15, 0.2) is 35.5 Å². The van der Waals surface area contributed by atoms with E-state index in [-0.39, 0.29) is 6.61 Å². The summed E-state index contributed by atoms with van der Waals surface area (Å²) in [5.74, 6) is 1.80. The monoisotopic (exact) mass is 344 g/mol. The van der Waals surface area contributed by atoms with E-state index in [0.29, 0.717) is 16.7 Å². The topological polar surface area (TPSA) is 72.5 Å². The number of ether oxygens (including phenoxy) is 1. The molecular weight excluding hydrogens is 324 g/mol. The molecule has 0 bridgehead atoms. The predicted octanol–water partition coefficient (Wildman–Crippen LogP) is 2.58. The third-order valence-corrected chi connectivity index (χ3v) is 4.45. The summed E-state index contributed by atoms with van der Waals surface area (Å²) in [6.45, 7) is 6.16. The normalized spacial score (nSPS) is 12.5. The third-order valence-electron chi connectivity index (χ3n) is 3.47. The van der Waals surface area contributed by atoms with Crippen molar-refractivity contribution in [3.63, 3.8) is 0 Å². The molecule has 6 nitrogen and oxygen atoms in total. The molecule has 2 aromatic heterocycles. The second-order valence-corrected chi connectivity index (χ2v) is 6.72. The average Bonchev–Trinajstić information content (AvgIpc) is 2.95. The van der Waals surface area contributed by atoms with Crippen molar-refractivity contribution in [3.8, 4) is 5.75 Å². The molecule has 3 rings (SSSR count). The van der Waals surface area contributed by atoms with Crippen molar-refractivity contribution in [2.24, 2.45) is 0 Å². The maximum absolute atomic E-state index is 10.1. The highest BCUT2D eigenvalue weighted by Gasteiger charge is 2.12. The Bertz CT molecular complexity index is 832. The average molecular weight is 344 g/mol. The van der Waals surface area contributed by atoms with Crippen LogP contribution in [0.2, 0.25) is 0 Å². The number of nitrogens with zero attached hydrogens (tertiary/aromatic N) is 4. The van der Waals surface area contributed by atoms with Crippen LogP contribution in [0.3, 0.4) is 0 Å². The lowest BCUT2D eigenvalue weighted by atomic mass is 10.2. The van der Waals surface area contributed by atoms with E-state index in [1.165, 1.54) is 17.3 Å². The van der Waals surface area contributed by atoms with Crippen molar-refractivity contribution >= 4 is 17.5 Å². The predicted molar refractivity (Wildman–Crippen MR) is 93.7 cm³/mol. The van der Waals surface area contributed by atoms with E-state index in [0.717, 1.165) is 17.1 Å². The molecule has 0 aliphatic carbocycles. The van der Waals surface area contributed by atoms with Crippen molar-refractivity contribution in [1.29, 1.82) is 0 Å². The lowest BCUT2D eigenvalue weighted by Crippen LogP contribution is -2.20. The molecule has 0 amide bonds.